The third-order valence-corrected chi connectivity index (χ3v) is 8.01. The van der Waals surface area contributed by atoms with Crippen molar-refractivity contribution in [2.24, 2.45) is 5.92 Å². The molecule has 0 spiro atoms. The van der Waals surface area contributed by atoms with Crippen molar-refractivity contribution >= 4 is 26.7 Å². The molecule has 7 heteroatoms. The zero-order valence-corrected chi connectivity index (χ0v) is 16.5. The van der Waals surface area contributed by atoms with E-state index in [0.717, 1.165) is 33.3 Å². The molecule has 5 rings (SSSR count). The van der Waals surface area contributed by atoms with Gasteiger partial charge < -0.3 is 9.67 Å². The highest BCUT2D eigenvalue weighted by Crippen LogP contribution is 2.35. The molecule has 1 atom stereocenters. The quantitative estimate of drug-likeness (QED) is 0.715. The number of aromatic nitrogens is 1. The van der Waals surface area contributed by atoms with Crippen LogP contribution in [-0.4, -0.2) is 29.8 Å². The number of fused-ring (bicyclic) bond motifs is 4. The minimum absolute atomic E-state index is 0.151. The molecule has 0 fully saturated rings. The Hall–Kier alpha value is -2.67. The summed E-state index contributed by atoms with van der Waals surface area (Å²) < 4.78 is 40.6. The highest BCUT2D eigenvalue weighted by molar-refractivity contribution is 7.91. The van der Waals surface area contributed by atoms with Gasteiger partial charge in [0.05, 0.1) is 16.6 Å². The maximum Gasteiger partial charge on any atom is 0.308 e. The molecule has 150 valence electrons. The van der Waals surface area contributed by atoms with E-state index >= 15 is 0 Å². The topological polar surface area (TPSA) is 76.4 Å². The van der Waals surface area contributed by atoms with Gasteiger partial charge in [-0.1, -0.05) is 12.1 Å². The number of carbonyl (C=O) groups is 1. The lowest BCUT2D eigenvalue weighted by molar-refractivity contribution is -0.142. The van der Waals surface area contributed by atoms with Gasteiger partial charge in [0.25, 0.3) is 0 Å². The van der Waals surface area contributed by atoms with Crippen LogP contribution >= 0.6 is 0 Å². The molecule has 2 aliphatic rings. The molecule has 1 N–H and O–H groups in total. The fourth-order valence-electron chi connectivity index (χ4n) is 4.73. The third-order valence-electron chi connectivity index (χ3n) is 6.22. The van der Waals surface area contributed by atoms with Gasteiger partial charge in [-0.3, -0.25) is 4.79 Å². The summed E-state index contributed by atoms with van der Waals surface area (Å²) in [6.07, 6.45) is 2.18. The standard InChI is InChI=1S/C22H20FNO4S/c23-16-4-6-20-18(11-16)17(19-5-3-15(22(25)26)12-24(19)20)9-13-1-2-14-7-8-29(27,28)21(14)10-13/h1-2,4,6,10-11,15H,3,5,7-9,12H2,(H,25,26). The lowest BCUT2D eigenvalue weighted by Gasteiger charge is -2.23. The Balaban J connectivity index is 1.63. The van der Waals surface area contributed by atoms with E-state index in [1.54, 1.807) is 12.1 Å². The van der Waals surface area contributed by atoms with Gasteiger partial charge >= 0.3 is 5.97 Å². The van der Waals surface area contributed by atoms with Crippen molar-refractivity contribution in [1.29, 1.82) is 0 Å². The first-order valence-corrected chi connectivity index (χ1v) is 11.4. The summed E-state index contributed by atoms with van der Waals surface area (Å²) in [7, 11) is -3.22. The number of aryl methyl sites for hydroxylation is 1. The van der Waals surface area contributed by atoms with E-state index in [0.29, 0.717) is 37.1 Å². The molecule has 0 saturated heterocycles. The van der Waals surface area contributed by atoms with Gasteiger partial charge in [-0.2, -0.15) is 0 Å². The monoisotopic (exact) mass is 413 g/mol. The maximum absolute atomic E-state index is 14.0. The largest absolute Gasteiger partial charge is 0.481 e. The molecule has 2 aromatic carbocycles. The van der Waals surface area contributed by atoms with Gasteiger partial charge in [0.15, 0.2) is 9.84 Å². The molecular formula is C22H20FNO4S. The molecule has 1 aromatic heterocycles. The lowest BCUT2D eigenvalue weighted by atomic mass is 9.94. The van der Waals surface area contributed by atoms with Gasteiger partial charge in [0, 0.05) is 23.1 Å². The summed E-state index contributed by atoms with van der Waals surface area (Å²) in [5.41, 5.74) is 4.53. The Bertz CT molecular complexity index is 1280. The first-order chi connectivity index (χ1) is 13.8. The molecule has 3 aromatic rings. The second-order valence-electron chi connectivity index (χ2n) is 7.96. The highest BCUT2D eigenvalue weighted by Gasteiger charge is 2.30. The van der Waals surface area contributed by atoms with Crippen molar-refractivity contribution in [2.45, 2.75) is 37.1 Å². The number of carboxylic acids is 1. The van der Waals surface area contributed by atoms with Gasteiger partial charge in [-0.15, -0.1) is 0 Å². The minimum Gasteiger partial charge on any atom is -0.481 e. The van der Waals surface area contributed by atoms with Crippen molar-refractivity contribution in [1.82, 2.24) is 4.57 Å². The molecule has 2 aliphatic heterocycles. The molecule has 1 unspecified atom stereocenters. The van der Waals surface area contributed by atoms with Crippen molar-refractivity contribution in [3.05, 3.63) is 64.6 Å². The van der Waals surface area contributed by atoms with E-state index in [2.05, 4.69) is 0 Å². The highest BCUT2D eigenvalue weighted by atomic mass is 32.2. The molecule has 0 radical (unpaired) electrons. The summed E-state index contributed by atoms with van der Waals surface area (Å²) in [6.45, 7) is 0.366. The molecule has 3 heterocycles. The second-order valence-corrected chi connectivity index (χ2v) is 10.0. The smallest absolute Gasteiger partial charge is 0.308 e. The predicted molar refractivity (Wildman–Crippen MR) is 106 cm³/mol. The average Bonchev–Trinajstić information content (AvgIpc) is 3.16. The van der Waals surface area contributed by atoms with Crippen LogP contribution in [0.1, 0.15) is 28.8 Å². The van der Waals surface area contributed by atoms with Crippen LogP contribution in [-0.2, 0) is 40.4 Å². The Morgan fingerprint density at radius 1 is 1.17 bits per heavy atom. The van der Waals surface area contributed by atoms with Gasteiger partial charge in [-0.05, 0) is 66.6 Å². The Morgan fingerprint density at radius 2 is 2.00 bits per heavy atom. The van der Waals surface area contributed by atoms with E-state index < -0.39 is 21.7 Å². The number of carboxylic acid groups (broad SMARTS) is 1. The molecule has 0 saturated carbocycles. The van der Waals surface area contributed by atoms with Crippen LogP contribution in [0.2, 0.25) is 0 Å². The summed E-state index contributed by atoms with van der Waals surface area (Å²) in [4.78, 5) is 11.9. The first kappa shape index (κ1) is 18.4. The summed E-state index contributed by atoms with van der Waals surface area (Å²) in [5.74, 6) is -1.46. The van der Waals surface area contributed by atoms with E-state index in [4.69, 9.17) is 0 Å². The van der Waals surface area contributed by atoms with Crippen LogP contribution in [0.5, 0.6) is 0 Å². The van der Waals surface area contributed by atoms with E-state index in [9.17, 15) is 22.7 Å². The number of hydrogen-bond donors (Lipinski definition) is 1. The normalized spacial score (nSPS) is 19.8. The Morgan fingerprint density at radius 3 is 2.79 bits per heavy atom. The summed E-state index contributed by atoms with van der Waals surface area (Å²) >= 11 is 0. The molecular weight excluding hydrogens is 393 g/mol. The van der Waals surface area contributed by atoms with Crippen molar-refractivity contribution in [3.8, 4) is 0 Å². The zero-order valence-electron chi connectivity index (χ0n) is 15.7. The van der Waals surface area contributed by atoms with Crippen LogP contribution in [0.3, 0.4) is 0 Å². The third kappa shape index (κ3) is 2.95. The van der Waals surface area contributed by atoms with Gasteiger partial charge in [-0.25, -0.2) is 12.8 Å². The number of hydrogen-bond acceptors (Lipinski definition) is 3. The second kappa shape index (κ2) is 6.42. The van der Waals surface area contributed by atoms with E-state index in [1.165, 1.54) is 12.1 Å². The number of halogens is 1. The molecule has 0 aliphatic carbocycles. The van der Waals surface area contributed by atoms with E-state index in [1.807, 2.05) is 16.7 Å². The number of aliphatic carboxylic acids is 1. The van der Waals surface area contributed by atoms with Crippen LogP contribution in [0, 0.1) is 11.7 Å². The summed E-state index contributed by atoms with van der Waals surface area (Å²) in [5, 5.41) is 10.2. The number of rotatable bonds is 3. The SMILES string of the molecule is O=C(O)C1CCc2c(Cc3ccc4c(c3)S(=O)(=O)CC4)c3cc(F)ccc3n2C1. The number of sulfone groups is 1. The van der Waals surface area contributed by atoms with Gasteiger partial charge in [0.2, 0.25) is 0 Å². The number of nitrogens with zero attached hydrogens (tertiary/aromatic N) is 1. The lowest BCUT2D eigenvalue weighted by Crippen LogP contribution is -2.26. The minimum atomic E-state index is -3.22. The van der Waals surface area contributed by atoms with Crippen LogP contribution < -0.4 is 0 Å². The number of benzene rings is 2. The Labute approximate surface area is 167 Å². The average molecular weight is 413 g/mol. The molecule has 0 amide bonds. The van der Waals surface area contributed by atoms with E-state index in [-0.39, 0.29) is 11.6 Å². The maximum atomic E-state index is 14.0. The van der Waals surface area contributed by atoms with Crippen molar-refractivity contribution in [2.75, 3.05) is 5.75 Å². The van der Waals surface area contributed by atoms with Crippen molar-refractivity contribution < 1.29 is 22.7 Å². The molecule has 29 heavy (non-hydrogen) atoms. The molecule has 0 bridgehead atoms. The fraction of sp³-hybridized carbons (Fsp3) is 0.318. The first-order valence-electron chi connectivity index (χ1n) is 9.70. The van der Waals surface area contributed by atoms with Gasteiger partial charge in [0.1, 0.15) is 5.82 Å². The predicted octanol–water partition coefficient (Wildman–Crippen LogP) is 3.35. The van der Waals surface area contributed by atoms with Crippen LogP contribution in [0.4, 0.5) is 4.39 Å². The fourth-order valence-corrected chi connectivity index (χ4v) is 6.34. The Kier molecular flexibility index (Phi) is 4.07. The molecule has 5 nitrogen and oxygen atoms in total. The summed E-state index contributed by atoms with van der Waals surface area (Å²) in [6, 6.07) is 10.2. The van der Waals surface area contributed by atoms with Crippen LogP contribution in [0.25, 0.3) is 10.9 Å². The zero-order chi connectivity index (χ0) is 20.3. The van der Waals surface area contributed by atoms with Crippen molar-refractivity contribution in [3.63, 3.8) is 0 Å². The van der Waals surface area contributed by atoms with Crippen LogP contribution in [0.15, 0.2) is 41.3 Å².